The van der Waals surface area contributed by atoms with E-state index in [9.17, 15) is 54.3 Å². The molecule has 12 aromatic heterocycles. The molecule has 0 spiro atoms. The van der Waals surface area contributed by atoms with Gasteiger partial charge in [-0.2, -0.15) is 0 Å². The van der Waals surface area contributed by atoms with Crippen LogP contribution in [0.4, 0.5) is 57.9 Å². The normalized spacial score (nSPS) is 13.0. The van der Waals surface area contributed by atoms with E-state index in [1.54, 1.807) is 110 Å². The molecule has 16 aromatic rings. The van der Waals surface area contributed by atoms with E-state index < -0.39 is 46.9 Å². The van der Waals surface area contributed by atoms with Gasteiger partial charge in [-0.1, -0.05) is 46.5 Å². The van der Waals surface area contributed by atoms with Crippen LogP contribution in [-0.4, -0.2) is 81.8 Å². The summed E-state index contributed by atoms with van der Waals surface area (Å²) in [5, 5.41) is 9.95. The number of nitrogens with one attached hydrogen (secondary N) is 4. The van der Waals surface area contributed by atoms with Crippen LogP contribution in [0, 0.1) is 57.9 Å². The van der Waals surface area contributed by atoms with Gasteiger partial charge in [-0.05, 0) is 235 Å². The molecule has 0 saturated heterocycles. The molecule has 0 radical (unpaired) electrons. The zero-order valence-corrected chi connectivity index (χ0v) is 70.9. The maximum atomic E-state index is 13.9. The molecule has 0 atom stereocenters. The Morgan fingerprint density at radius 2 is 0.674 bits per heavy atom. The summed E-state index contributed by atoms with van der Waals surface area (Å²) in [6.07, 6.45) is 25.5. The highest BCUT2D eigenvalue weighted by Crippen LogP contribution is 2.45. The van der Waals surface area contributed by atoms with Crippen molar-refractivity contribution in [3.8, 4) is 90.8 Å². The molecule has 2 fully saturated rings. The van der Waals surface area contributed by atoms with Crippen molar-refractivity contribution in [1.29, 1.82) is 0 Å². The van der Waals surface area contributed by atoms with Gasteiger partial charge in [0.2, 0.25) is 0 Å². The van der Waals surface area contributed by atoms with Crippen LogP contribution in [0.3, 0.4) is 0 Å². The number of carbonyl (C=O) groups excluding carboxylic acids is 4. The molecule has 0 aliphatic heterocycles. The maximum absolute atomic E-state index is 13.9. The van der Waals surface area contributed by atoms with Crippen molar-refractivity contribution in [2.24, 2.45) is 11.3 Å². The third kappa shape index (κ3) is 20.8. The highest BCUT2D eigenvalue weighted by Gasteiger charge is 2.36. The number of amides is 4. The van der Waals surface area contributed by atoms with E-state index in [0.717, 1.165) is 97.9 Å². The van der Waals surface area contributed by atoms with Gasteiger partial charge in [0.25, 0.3) is 23.6 Å². The fourth-order valence-corrected chi connectivity index (χ4v) is 15.3. The number of rotatable bonds is 20. The minimum atomic E-state index is -0.646. The second kappa shape index (κ2) is 38.3. The number of hydrogen-bond acceptors (Lipinski definition) is 16. The Hall–Kier alpha value is -15.2. The largest absolute Gasteiger partial charge is 0.449 e. The zero-order valence-electron chi connectivity index (χ0n) is 70.9. The first-order chi connectivity index (χ1) is 62.0. The van der Waals surface area contributed by atoms with E-state index in [2.05, 4.69) is 93.4 Å². The number of halogens is 8. The smallest absolute Gasteiger partial charge is 0.291 e. The van der Waals surface area contributed by atoms with Gasteiger partial charge in [-0.15, -0.1) is 0 Å². The Morgan fingerprint density at radius 3 is 1.02 bits per heavy atom. The second-order valence-electron chi connectivity index (χ2n) is 33.3. The van der Waals surface area contributed by atoms with Crippen LogP contribution in [0.25, 0.3) is 90.8 Å². The molecule has 2 aliphatic carbocycles. The van der Waals surface area contributed by atoms with E-state index in [4.69, 9.17) is 17.7 Å². The minimum Gasteiger partial charge on any atom is -0.449 e. The van der Waals surface area contributed by atoms with Crippen molar-refractivity contribution in [3.63, 3.8) is 0 Å². The van der Waals surface area contributed by atoms with Crippen LogP contribution in [-0.2, 0) is 24.2 Å². The van der Waals surface area contributed by atoms with E-state index in [-0.39, 0.29) is 85.6 Å². The van der Waals surface area contributed by atoms with Crippen LogP contribution in [0.2, 0.25) is 0 Å². The number of imidazole rings is 4. The Morgan fingerprint density at radius 1 is 0.372 bits per heavy atom. The predicted octanol–water partition coefficient (Wildman–Crippen LogP) is 23.2. The van der Waals surface area contributed by atoms with Crippen LogP contribution in [0.1, 0.15) is 142 Å². The predicted molar refractivity (Wildman–Crippen MR) is 468 cm³/mol. The van der Waals surface area contributed by atoms with Gasteiger partial charge in [0.05, 0.1) is 95.6 Å². The van der Waals surface area contributed by atoms with Crippen molar-refractivity contribution in [1.82, 2.24) is 58.1 Å². The molecule has 129 heavy (non-hydrogen) atoms. The van der Waals surface area contributed by atoms with Gasteiger partial charge in [0.1, 0.15) is 46.0 Å². The summed E-state index contributed by atoms with van der Waals surface area (Å²) in [5.74, 6) is -3.83. The van der Waals surface area contributed by atoms with Gasteiger partial charge < -0.3 is 57.2 Å². The molecule has 0 bridgehead atoms. The molecule has 18 rings (SSSR count). The summed E-state index contributed by atoms with van der Waals surface area (Å²) in [5.41, 5.74) is 7.68. The van der Waals surface area contributed by atoms with Crippen molar-refractivity contribution < 1.29 is 72.0 Å². The first-order valence-corrected chi connectivity index (χ1v) is 41.3. The SMILES string of the molecule is CC(C)(C)Cn1cnc(-c2ccc(F)cc2)c1-c1ccc(C(=O)Nc2ccncc2F)o1.CC(C)(C)n1cnc(-c2ccc(F)cc2)c1-c1ccc(C(=O)Nc2ccncc2F)o1.CC1(n2cnc(-c3ccc(F)cc3)c2-c2ccc(C(=O)Nc3ccncc3F)o2)CCCC1.O=C(Nc1ccncc1F)c1ccc(-c2c(-c3ccc(F)cc3)ncn2CC2CCCC2)o1. The molecule has 4 amide bonds. The van der Waals surface area contributed by atoms with Crippen molar-refractivity contribution in [2.45, 2.75) is 124 Å². The first-order valence-electron chi connectivity index (χ1n) is 41.3. The lowest BCUT2D eigenvalue weighted by Gasteiger charge is -2.27. The quantitative estimate of drug-likeness (QED) is 0.0516. The Kier molecular flexibility index (Phi) is 26.3. The number of aromatic nitrogens is 12. The summed E-state index contributed by atoms with van der Waals surface area (Å²) in [6.45, 7) is 15.9. The van der Waals surface area contributed by atoms with Gasteiger partial charge in [-0.25, -0.2) is 55.1 Å². The number of nitrogens with zero attached hydrogens (tertiary/aromatic N) is 12. The molecular weight excluding hydrogens is 1670 g/mol. The van der Waals surface area contributed by atoms with Gasteiger partial charge in [0.15, 0.2) is 69.4 Å². The maximum Gasteiger partial charge on any atom is 0.291 e. The molecule has 32 heteroatoms. The summed E-state index contributed by atoms with van der Waals surface area (Å²) in [4.78, 5) is 83.5. The minimum absolute atomic E-state index is 0.00434. The van der Waals surface area contributed by atoms with Crippen LogP contribution in [0.5, 0.6) is 0 Å². The number of benzene rings is 4. The highest BCUT2D eigenvalue weighted by atomic mass is 19.2. The molecular formula is C97H86F8N16O8. The summed E-state index contributed by atoms with van der Waals surface area (Å²) >= 11 is 0. The molecule has 12 heterocycles. The first kappa shape index (κ1) is 88.6. The molecule has 4 N–H and O–H groups in total. The van der Waals surface area contributed by atoms with E-state index in [1.165, 1.54) is 123 Å². The Labute approximate surface area is 734 Å². The summed E-state index contributed by atoms with van der Waals surface area (Å²) in [6, 6.07) is 42.6. The van der Waals surface area contributed by atoms with Gasteiger partial charge in [-0.3, -0.25) is 39.1 Å². The van der Waals surface area contributed by atoms with Crippen LogP contribution in [0.15, 0.2) is 262 Å². The fourth-order valence-electron chi connectivity index (χ4n) is 15.3. The summed E-state index contributed by atoms with van der Waals surface area (Å²) in [7, 11) is 0. The molecule has 658 valence electrons. The Balaban J connectivity index is 0.000000132. The zero-order chi connectivity index (χ0) is 90.8. The molecule has 4 aromatic carbocycles. The average molecular weight is 1760 g/mol. The molecule has 0 unspecified atom stereocenters. The van der Waals surface area contributed by atoms with Crippen molar-refractivity contribution in [3.05, 3.63) is 314 Å². The third-order valence-electron chi connectivity index (χ3n) is 21.6. The number of furan rings is 4. The second-order valence-corrected chi connectivity index (χ2v) is 33.3. The lowest BCUT2D eigenvalue weighted by Crippen LogP contribution is -2.26. The van der Waals surface area contributed by atoms with Crippen molar-refractivity contribution >= 4 is 46.4 Å². The fraction of sp³-hybridized carbons (Fsp3) is 0.216. The lowest BCUT2D eigenvalue weighted by molar-refractivity contribution is 0.0989. The monoisotopic (exact) mass is 1750 g/mol. The highest BCUT2D eigenvalue weighted by molar-refractivity contribution is 6.05. The number of hydrogen-bond donors (Lipinski definition) is 4. The number of anilines is 4. The average Bonchev–Trinajstić information content (AvgIpc) is 1.62. The van der Waals surface area contributed by atoms with Gasteiger partial charge in [0, 0.05) is 71.2 Å². The summed E-state index contributed by atoms with van der Waals surface area (Å²) < 4.78 is 141. The lowest BCUT2D eigenvalue weighted by atomic mass is 9.96. The number of pyridine rings is 4. The third-order valence-corrected chi connectivity index (χ3v) is 21.6. The standard InChI is InChI=1S/2C25H22F2N4O2.C24H22F2N4O2.C23H20F2N4O2/c1-25(11-2-3-12-25)31-15-29-22(16-4-6-17(26)7-5-16)23(31)20-8-9-21(33-20)24(32)30-19-10-13-28-14-18(19)27;26-18-7-5-17(6-8-18)23-24(31(15-29-23)14-16-3-1-2-4-16)21-9-10-22(33-21)25(32)30-20-11-12-28-13-19(20)27;1-24(2,3)13-30-14-28-21(15-4-6-16(25)7-5-15)22(30)19-8-9-20(32-19)23(31)29-18-10-11-27-12-17(18)26;1-23(2,3)29-13-27-20(14-4-6-15(24)7-5-14)21(29)18-8-9-19(31-18)22(30)28-17-10-11-26-12-16(17)25/h4-10,13-15H,2-3,11-12H2,1H3,(H,28,30,32);5-13,15-16H,1-4,14H2,(H,28,30,32);4-12,14H,13H2,1-3H3,(H,27,29,31);4-13H,1-3H3,(H,26,28,30). The molecule has 2 aliphatic rings. The van der Waals surface area contributed by atoms with E-state index in [0.29, 0.717) is 75.2 Å². The number of carbonyl (C=O) groups is 4. The topological polar surface area (TPSA) is 292 Å². The van der Waals surface area contributed by atoms with Crippen molar-refractivity contribution in [2.75, 3.05) is 21.3 Å². The van der Waals surface area contributed by atoms with E-state index in [1.807, 2.05) is 34.5 Å². The van der Waals surface area contributed by atoms with Crippen LogP contribution < -0.4 is 21.3 Å². The van der Waals surface area contributed by atoms with E-state index >= 15 is 0 Å². The molecule has 2 saturated carbocycles. The molecule has 24 nitrogen and oxygen atoms in total. The van der Waals surface area contributed by atoms with Crippen LogP contribution >= 0.6 is 0 Å². The Bertz CT molecular complexity index is 6660. The van der Waals surface area contributed by atoms with Gasteiger partial charge >= 0.3 is 0 Å².